The molecule has 7 heteroatoms. The van der Waals surface area contributed by atoms with Gasteiger partial charge in [-0.2, -0.15) is 0 Å². The molecule has 92 valence electrons. The number of nitrogens with two attached hydrogens (primary N) is 1. The number of hydrogen-bond donors (Lipinski definition) is 3. The number of aromatic nitrogens is 1. The highest BCUT2D eigenvalue weighted by Gasteiger charge is 2.25. The maximum absolute atomic E-state index is 11.2. The number of methoxy groups -OCH3 is 1. The second-order valence-electron chi connectivity index (χ2n) is 3.25. The molecular formula is C10H12N2O5. The molecule has 0 aromatic carbocycles. The summed E-state index contributed by atoms with van der Waals surface area (Å²) in [5.74, 6) is -1.70. The van der Waals surface area contributed by atoms with Crippen molar-refractivity contribution in [3.8, 4) is 0 Å². The highest BCUT2D eigenvalue weighted by molar-refractivity contribution is 5.89. The van der Waals surface area contributed by atoms with Gasteiger partial charge in [-0.1, -0.05) is 0 Å². The second-order valence-corrected chi connectivity index (χ2v) is 3.25. The Bertz CT molecular complexity index is 434. The van der Waals surface area contributed by atoms with Crippen LogP contribution in [0.1, 0.15) is 22.2 Å². The maximum Gasteiger partial charge on any atom is 0.337 e. The second kappa shape index (κ2) is 5.37. The number of aliphatic hydroxyl groups excluding tert-OH is 2. The van der Waals surface area contributed by atoms with Crippen LogP contribution in [0.15, 0.2) is 18.3 Å². The zero-order chi connectivity index (χ0) is 13.0. The van der Waals surface area contributed by atoms with E-state index < -0.39 is 24.1 Å². The van der Waals surface area contributed by atoms with Crippen LogP contribution >= 0.6 is 0 Å². The molecule has 0 saturated carbocycles. The zero-order valence-electron chi connectivity index (χ0n) is 9.03. The molecule has 1 aromatic rings. The van der Waals surface area contributed by atoms with Crippen molar-refractivity contribution in [3.63, 3.8) is 0 Å². The Morgan fingerprint density at radius 1 is 1.47 bits per heavy atom. The lowest BCUT2D eigenvalue weighted by molar-refractivity contribution is -0.132. The predicted molar refractivity (Wildman–Crippen MR) is 55.7 cm³/mol. The lowest BCUT2D eigenvalue weighted by Gasteiger charge is -2.14. The average molecular weight is 240 g/mol. The molecule has 4 N–H and O–H groups in total. The van der Waals surface area contributed by atoms with Gasteiger partial charge in [-0.05, 0) is 12.1 Å². The van der Waals surface area contributed by atoms with Crippen LogP contribution in [0, 0.1) is 0 Å². The van der Waals surface area contributed by atoms with Gasteiger partial charge in [0.25, 0.3) is 0 Å². The number of esters is 1. The highest BCUT2D eigenvalue weighted by Crippen LogP contribution is 2.15. The van der Waals surface area contributed by atoms with Gasteiger partial charge in [-0.15, -0.1) is 0 Å². The van der Waals surface area contributed by atoms with Gasteiger partial charge < -0.3 is 20.7 Å². The molecule has 0 aliphatic heterocycles. The standard InChI is InChI=1S/C10H12N2O5/c1-17-10(16)5-2-3-12-6(4-5)7(13)8(14)9(11)15/h2-4,7-8,13-14H,1H3,(H2,11,15). The van der Waals surface area contributed by atoms with Crippen molar-refractivity contribution in [2.24, 2.45) is 5.73 Å². The van der Waals surface area contributed by atoms with Crippen molar-refractivity contribution in [2.45, 2.75) is 12.2 Å². The number of aliphatic hydroxyl groups is 2. The number of pyridine rings is 1. The molecule has 1 aromatic heterocycles. The molecule has 2 atom stereocenters. The fraction of sp³-hybridized carbons (Fsp3) is 0.300. The van der Waals surface area contributed by atoms with E-state index in [0.717, 1.165) is 0 Å². The van der Waals surface area contributed by atoms with E-state index >= 15 is 0 Å². The van der Waals surface area contributed by atoms with Gasteiger partial charge in [0.05, 0.1) is 18.4 Å². The quantitative estimate of drug-likeness (QED) is 0.565. The summed E-state index contributed by atoms with van der Waals surface area (Å²) in [5, 5.41) is 18.8. The van der Waals surface area contributed by atoms with Gasteiger partial charge in [0.15, 0.2) is 6.10 Å². The van der Waals surface area contributed by atoms with Crippen LogP contribution in [0.2, 0.25) is 0 Å². The summed E-state index contributed by atoms with van der Waals surface area (Å²) in [7, 11) is 1.21. The minimum atomic E-state index is -1.78. The van der Waals surface area contributed by atoms with Crippen molar-refractivity contribution in [3.05, 3.63) is 29.6 Å². The zero-order valence-corrected chi connectivity index (χ0v) is 9.03. The Morgan fingerprint density at radius 2 is 2.12 bits per heavy atom. The molecule has 1 amide bonds. The Labute approximate surface area is 96.8 Å². The monoisotopic (exact) mass is 240 g/mol. The summed E-state index contributed by atoms with van der Waals surface area (Å²) in [6, 6.07) is 2.58. The molecule has 0 bridgehead atoms. The van der Waals surface area contributed by atoms with Gasteiger partial charge in [0.2, 0.25) is 5.91 Å². The first kappa shape index (κ1) is 13.1. The van der Waals surface area contributed by atoms with E-state index in [1.165, 1.54) is 25.4 Å². The summed E-state index contributed by atoms with van der Waals surface area (Å²) < 4.78 is 4.48. The molecule has 1 rings (SSSR count). The SMILES string of the molecule is COC(=O)c1ccnc(C(O)C(O)C(N)=O)c1. The predicted octanol–water partition coefficient (Wildman–Crippen LogP) is -1.25. The van der Waals surface area contributed by atoms with E-state index in [1.807, 2.05) is 0 Å². The third-order valence-corrected chi connectivity index (χ3v) is 2.10. The summed E-state index contributed by atoms with van der Waals surface area (Å²) in [6.07, 6.45) is -2.12. The lowest BCUT2D eigenvalue weighted by atomic mass is 10.1. The maximum atomic E-state index is 11.2. The van der Waals surface area contributed by atoms with Crippen molar-refractivity contribution < 1.29 is 24.5 Å². The van der Waals surface area contributed by atoms with E-state index in [-0.39, 0.29) is 11.3 Å². The summed E-state index contributed by atoms with van der Waals surface area (Å²) in [4.78, 5) is 25.6. The summed E-state index contributed by atoms with van der Waals surface area (Å²) in [6.45, 7) is 0. The van der Waals surface area contributed by atoms with E-state index in [1.54, 1.807) is 0 Å². The Hall–Kier alpha value is -1.99. The molecule has 7 nitrogen and oxygen atoms in total. The smallest absolute Gasteiger partial charge is 0.337 e. The first-order valence-corrected chi connectivity index (χ1v) is 4.67. The number of amides is 1. The highest BCUT2D eigenvalue weighted by atomic mass is 16.5. The lowest BCUT2D eigenvalue weighted by Crippen LogP contribution is -2.34. The number of carbonyl (C=O) groups excluding carboxylic acids is 2. The first-order valence-electron chi connectivity index (χ1n) is 4.67. The summed E-state index contributed by atoms with van der Waals surface area (Å²) in [5.41, 5.74) is 4.93. The fourth-order valence-electron chi connectivity index (χ4n) is 1.17. The molecule has 2 unspecified atom stereocenters. The molecular weight excluding hydrogens is 228 g/mol. The van der Waals surface area contributed by atoms with Crippen LogP contribution in [0.5, 0.6) is 0 Å². The molecule has 0 fully saturated rings. The Morgan fingerprint density at radius 3 is 2.65 bits per heavy atom. The van der Waals surface area contributed by atoms with E-state index in [9.17, 15) is 19.8 Å². The van der Waals surface area contributed by atoms with Gasteiger partial charge in [0, 0.05) is 6.20 Å². The van der Waals surface area contributed by atoms with E-state index in [0.29, 0.717) is 0 Å². The molecule has 1 heterocycles. The fourth-order valence-corrected chi connectivity index (χ4v) is 1.17. The van der Waals surface area contributed by atoms with Gasteiger partial charge in [-0.3, -0.25) is 9.78 Å². The van der Waals surface area contributed by atoms with Crippen LogP contribution in [0.3, 0.4) is 0 Å². The van der Waals surface area contributed by atoms with Gasteiger partial charge in [0.1, 0.15) is 6.10 Å². The number of ether oxygens (including phenoxy) is 1. The number of carbonyl (C=O) groups is 2. The topological polar surface area (TPSA) is 123 Å². The first-order chi connectivity index (χ1) is 7.97. The average Bonchev–Trinajstić information content (AvgIpc) is 2.36. The molecule has 0 spiro atoms. The van der Waals surface area contributed by atoms with E-state index in [2.05, 4.69) is 9.72 Å². The normalized spacial score (nSPS) is 13.8. The van der Waals surface area contributed by atoms with E-state index in [4.69, 9.17) is 5.73 Å². The molecule has 0 saturated heterocycles. The third-order valence-electron chi connectivity index (χ3n) is 2.10. The van der Waals surface area contributed by atoms with Crippen LogP contribution < -0.4 is 5.73 Å². The van der Waals surface area contributed by atoms with Crippen molar-refractivity contribution >= 4 is 11.9 Å². The van der Waals surface area contributed by atoms with Crippen LogP contribution in [-0.2, 0) is 9.53 Å². The van der Waals surface area contributed by atoms with Gasteiger partial charge >= 0.3 is 5.97 Å². The number of primary amides is 1. The molecule has 0 aliphatic rings. The van der Waals surface area contributed by atoms with Crippen molar-refractivity contribution in [1.29, 1.82) is 0 Å². The van der Waals surface area contributed by atoms with Crippen molar-refractivity contribution in [2.75, 3.05) is 7.11 Å². The minimum Gasteiger partial charge on any atom is -0.465 e. The summed E-state index contributed by atoms with van der Waals surface area (Å²) >= 11 is 0. The number of nitrogens with zero attached hydrogens (tertiary/aromatic N) is 1. The Kier molecular flexibility index (Phi) is 4.13. The third kappa shape index (κ3) is 2.99. The Balaban J connectivity index is 2.99. The number of hydrogen-bond acceptors (Lipinski definition) is 6. The van der Waals surface area contributed by atoms with Crippen LogP contribution in [0.4, 0.5) is 0 Å². The van der Waals surface area contributed by atoms with Crippen molar-refractivity contribution in [1.82, 2.24) is 4.98 Å². The van der Waals surface area contributed by atoms with Crippen LogP contribution in [0.25, 0.3) is 0 Å². The minimum absolute atomic E-state index is 0.0424. The largest absolute Gasteiger partial charge is 0.465 e. The van der Waals surface area contributed by atoms with Crippen LogP contribution in [-0.4, -0.2) is 40.3 Å². The number of rotatable bonds is 4. The molecule has 0 radical (unpaired) electrons. The molecule has 0 aliphatic carbocycles. The van der Waals surface area contributed by atoms with Gasteiger partial charge in [-0.25, -0.2) is 4.79 Å². The molecule has 17 heavy (non-hydrogen) atoms.